The van der Waals surface area contributed by atoms with Crippen molar-refractivity contribution in [2.45, 2.75) is 13.5 Å². The number of H-pyrrole nitrogens is 1. The van der Waals surface area contributed by atoms with Gasteiger partial charge in [-0.05, 0) is 6.92 Å². The fourth-order valence-electron chi connectivity index (χ4n) is 1.15. The summed E-state index contributed by atoms with van der Waals surface area (Å²) in [4.78, 5) is 17.3. The summed E-state index contributed by atoms with van der Waals surface area (Å²) in [6.07, 6.45) is 1.35. The summed E-state index contributed by atoms with van der Waals surface area (Å²) in [5.74, 6) is 1.27. The number of hydrogen-bond acceptors (Lipinski definition) is 5. The van der Waals surface area contributed by atoms with Crippen LogP contribution >= 0.6 is 0 Å². The van der Waals surface area contributed by atoms with Gasteiger partial charge in [-0.25, -0.2) is 4.98 Å². The second kappa shape index (κ2) is 3.95. The van der Waals surface area contributed by atoms with Crippen LogP contribution in [-0.4, -0.2) is 15.1 Å². The Morgan fingerprint density at radius 3 is 3.07 bits per heavy atom. The van der Waals surface area contributed by atoms with Crippen molar-refractivity contribution in [1.29, 1.82) is 0 Å². The monoisotopic (exact) mass is 206 g/mol. The van der Waals surface area contributed by atoms with Crippen molar-refractivity contribution in [3.63, 3.8) is 0 Å². The molecule has 2 rings (SSSR count). The second-order valence-electron chi connectivity index (χ2n) is 3.08. The normalized spacial score (nSPS) is 10.2. The summed E-state index contributed by atoms with van der Waals surface area (Å²) in [5, 5.41) is 6.76. The molecule has 2 aromatic rings. The van der Waals surface area contributed by atoms with E-state index in [0.29, 0.717) is 12.4 Å². The maximum Gasteiger partial charge on any atom is 0.252 e. The van der Waals surface area contributed by atoms with Gasteiger partial charge < -0.3 is 14.8 Å². The standard InChI is InChI=1S/C9H10N4O2/c1-6-2-7(13-15-6)4-10-8-3-9(14)12-5-11-8/h2-3,5H,4H2,1H3,(H2,10,11,12,14). The van der Waals surface area contributed by atoms with Crippen LogP contribution in [0.2, 0.25) is 0 Å². The highest BCUT2D eigenvalue weighted by molar-refractivity contribution is 5.32. The Morgan fingerprint density at radius 1 is 1.53 bits per heavy atom. The van der Waals surface area contributed by atoms with Gasteiger partial charge in [0.05, 0.1) is 12.9 Å². The molecule has 0 aromatic carbocycles. The largest absolute Gasteiger partial charge is 0.364 e. The van der Waals surface area contributed by atoms with Crippen molar-refractivity contribution in [3.8, 4) is 0 Å². The van der Waals surface area contributed by atoms with E-state index in [-0.39, 0.29) is 5.56 Å². The van der Waals surface area contributed by atoms with Crippen LogP contribution in [0.4, 0.5) is 5.82 Å². The zero-order valence-electron chi connectivity index (χ0n) is 8.15. The average molecular weight is 206 g/mol. The maximum atomic E-state index is 10.9. The highest BCUT2D eigenvalue weighted by Gasteiger charge is 2.00. The lowest BCUT2D eigenvalue weighted by atomic mass is 10.4. The maximum absolute atomic E-state index is 10.9. The molecule has 0 amide bonds. The molecule has 0 bridgehead atoms. The number of nitrogens with one attached hydrogen (secondary N) is 2. The summed E-state index contributed by atoms with van der Waals surface area (Å²) in [5.41, 5.74) is 0.582. The van der Waals surface area contributed by atoms with E-state index in [1.165, 1.54) is 12.4 Å². The van der Waals surface area contributed by atoms with Gasteiger partial charge in [0.1, 0.15) is 17.3 Å². The van der Waals surface area contributed by atoms with Crippen LogP contribution < -0.4 is 10.9 Å². The third-order valence-electron chi connectivity index (χ3n) is 1.81. The van der Waals surface area contributed by atoms with Crippen LogP contribution in [0.15, 0.2) is 27.8 Å². The highest BCUT2D eigenvalue weighted by atomic mass is 16.5. The van der Waals surface area contributed by atoms with Gasteiger partial charge in [-0.1, -0.05) is 5.16 Å². The first-order valence-electron chi connectivity index (χ1n) is 4.45. The molecule has 0 spiro atoms. The first-order valence-corrected chi connectivity index (χ1v) is 4.45. The minimum atomic E-state index is -0.191. The Balaban J connectivity index is 2.02. The number of rotatable bonds is 3. The Bertz CT molecular complexity index is 503. The molecule has 0 saturated heterocycles. The number of aromatic amines is 1. The van der Waals surface area contributed by atoms with Crippen LogP contribution in [0.1, 0.15) is 11.5 Å². The smallest absolute Gasteiger partial charge is 0.252 e. The summed E-state index contributed by atoms with van der Waals surface area (Å²) >= 11 is 0. The molecule has 2 aromatic heterocycles. The fraction of sp³-hybridized carbons (Fsp3) is 0.222. The molecule has 0 aliphatic heterocycles. The van der Waals surface area contributed by atoms with E-state index >= 15 is 0 Å². The zero-order chi connectivity index (χ0) is 10.7. The third-order valence-corrected chi connectivity index (χ3v) is 1.81. The van der Waals surface area contributed by atoms with Crippen LogP contribution in [-0.2, 0) is 6.54 Å². The SMILES string of the molecule is Cc1cc(CNc2cc(=O)[nH]cn2)no1. The predicted molar refractivity (Wildman–Crippen MR) is 53.4 cm³/mol. The summed E-state index contributed by atoms with van der Waals surface area (Å²) < 4.78 is 4.90. The minimum Gasteiger partial charge on any atom is -0.364 e. The molecular formula is C9H10N4O2. The van der Waals surface area contributed by atoms with Crippen molar-refractivity contribution in [3.05, 3.63) is 40.3 Å². The Morgan fingerprint density at radius 2 is 2.40 bits per heavy atom. The molecule has 15 heavy (non-hydrogen) atoms. The lowest BCUT2D eigenvalue weighted by Crippen LogP contribution is -2.08. The van der Waals surface area contributed by atoms with E-state index in [4.69, 9.17) is 4.52 Å². The first-order chi connectivity index (χ1) is 7.24. The van der Waals surface area contributed by atoms with E-state index < -0.39 is 0 Å². The van der Waals surface area contributed by atoms with Gasteiger partial charge in [0, 0.05) is 12.1 Å². The fourth-order valence-corrected chi connectivity index (χ4v) is 1.15. The molecule has 0 aliphatic carbocycles. The van der Waals surface area contributed by atoms with Crippen molar-refractivity contribution < 1.29 is 4.52 Å². The van der Waals surface area contributed by atoms with E-state index in [0.717, 1.165) is 11.5 Å². The van der Waals surface area contributed by atoms with Gasteiger partial charge in [-0.2, -0.15) is 0 Å². The Labute approximate surface area is 85.3 Å². The van der Waals surface area contributed by atoms with Gasteiger partial charge in [0.2, 0.25) is 0 Å². The quantitative estimate of drug-likeness (QED) is 0.771. The van der Waals surface area contributed by atoms with Crippen molar-refractivity contribution in [2.24, 2.45) is 0 Å². The van der Waals surface area contributed by atoms with Crippen molar-refractivity contribution >= 4 is 5.82 Å². The molecule has 6 nitrogen and oxygen atoms in total. The molecule has 0 saturated carbocycles. The van der Waals surface area contributed by atoms with E-state index in [2.05, 4.69) is 20.4 Å². The number of aryl methyl sites for hydroxylation is 1. The van der Waals surface area contributed by atoms with Crippen LogP contribution in [0.3, 0.4) is 0 Å². The van der Waals surface area contributed by atoms with Crippen LogP contribution in [0.25, 0.3) is 0 Å². The summed E-state index contributed by atoms with van der Waals surface area (Å²) in [7, 11) is 0. The molecule has 6 heteroatoms. The zero-order valence-corrected chi connectivity index (χ0v) is 8.15. The van der Waals surface area contributed by atoms with Gasteiger partial charge in [0.15, 0.2) is 0 Å². The molecule has 0 atom stereocenters. The molecule has 0 aliphatic rings. The number of aromatic nitrogens is 3. The van der Waals surface area contributed by atoms with Crippen LogP contribution in [0, 0.1) is 6.92 Å². The molecular weight excluding hydrogens is 196 g/mol. The van der Waals surface area contributed by atoms with Gasteiger partial charge >= 0.3 is 0 Å². The third kappa shape index (κ3) is 2.43. The Kier molecular flexibility index (Phi) is 2.49. The molecule has 78 valence electrons. The van der Waals surface area contributed by atoms with Gasteiger partial charge in [-0.15, -0.1) is 0 Å². The lowest BCUT2D eigenvalue weighted by Gasteiger charge is -2.00. The summed E-state index contributed by atoms with van der Waals surface area (Å²) in [6, 6.07) is 3.20. The number of anilines is 1. The van der Waals surface area contributed by atoms with E-state index in [1.807, 2.05) is 13.0 Å². The van der Waals surface area contributed by atoms with Crippen LogP contribution in [0.5, 0.6) is 0 Å². The van der Waals surface area contributed by atoms with Crippen molar-refractivity contribution in [1.82, 2.24) is 15.1 Å². The number of nitrogens with zero attached hydrogens (tertiary/aromatic N) is 2. The lowest BCUT2D eigenvalue weighted by molar-refractivity contribution is 0.391. The summed E-state index contributed by atoms with van der Waals surface area (Å²) in [6.45, 7) is 2.30. The average Bonchev–Trinajstić information content (AvgIpc) is 2.62. The first kappa shape index (κ1) is 9.45. The van der Waals surface area contributed by atoms with Gasteiger partial charge in [-0.3, -0.25) is 4.79 Å². The predicted octanol–water partition coefficient (Wildman–Crippen LogP) is 0.678. The molecule has 0 fully saturated rings. The molecule has 2 heterocycles. The van der Waals surface area contributed by atoms with Crippen molar-refractivity contribution in [2.75, 3.05) is 5.32 Å². The number of hydrogen-bond donors (Lipinski definition) is 2. The minimum absolute atomic E-state index is 0.191. The van der Waals surface area contributed by atoms with E-state index in [1.54, 1.807) is 0 Å². The second-order valence-corrected chi connectivity index (χ2v) is 3.08. The molecule has 0 unspecified atom stereocenters. The van der Waals surface area contributed by atoms with Gasteiger partial charge in [0.25, 0.3) is 5.56 Å². The highest BCUT2D eigenvalue weighted by Crippen LogP contribution is 2.04. The molecule has 0 radical (unpaired) electrons. The molecule has 2 N–H and O–H groups in total. The van der Waals surface area contributed by atoms with E-state index in [9.17, 15) is 4.79 Å². The topological polar surface area (TPSA) is 83.8 Å². The Hall–Kier alpha value is -2.11.